The zero-order valence-corrected chi connectivity index (χ0v) is 15.5. The molecule has 0 spiro atoms. The fourth-order valence-electron chi connectivity index (χ4n) is 3.30. The standard InChI is InChI=1S/C18H25BrN2O2/c1-17(2,21-8-10-23-11-9-21)13-20-16(22)18(6-7-18)14-4-3-5-15(19)12-14/h3-5,12H,6-11,13H2,1-2H3,(H,20,22). The molecule has 0 atom stereocenters. The number of amides is 1. The summed E-state index contributed by atoms with van der Waals surface area (Å²) in [5, 5.41) is 3.20. The van der Waals surface area contributed by atoms with Crippen LogP contribution in [-0.2, 0) is 14.9 Å². The van der Waals surface area contributed by atoms with Crippen molar-refractivity contribution in [3.8, 4) is 0 Å². The van der Waals surface area contributed by atoms with Crippen LogP contribution in [0.5, 0.6) is 0 Å². The molecule has 1 aromatic carbocycles. The highest BCUT2D eigenvalue weighted by molar-refractivity contribution is 9.10. The number of benzene rings is 1. The van der Waals surface area contributed by atoms with Gasteiger partial charge >= 0.3 is 0 Å². The van der Waals surface area contributed by atoms with Crippen molar-refractivity contribution in [2.75, 3.05) is 32.8 Å². The molecule has 0 unspecified atom stereocenters. The summed E-state index contributed by atoms with van der Waals surface area (Å²) >= 11 is 3.50. The van der Waals surface area contributed by atoms with E-state index in [2.05, 4.69) is 52.1 Å². The normalized spacial score (nSPS) is 21.0. The van der Waals surface area contributed by atoms with E-state index in [0.717, 1.165) is 49.2 Å². The minimum atomic E-state index is -0.315. The Bertz CT molecular complexity index is 578. The predicted molar refractivity (Wildman–Crippen MR) is 94.5 cm³/mol. The van der Waals surface area contributed by atoms with Gasteiger partial charge in [-0.3, -0.25) is 9.69 Å². The Morgan fingerprint density at radius 1 is 1.35 bits per heavy atom. The summed E-state index contributed by atoms with van der Waals surface area (Å²) in [6.07, 6.45) is 1.88. The van der Waals surface area contributed by atoms with Crippen LogP contribution in [0.2, 0.25) is 0 Å². The summed E-state index contributed by atoms with van der Waals surface area (Å²) in [6.45, 7) is 8.47. The highest BCUT2D eigenvalue weighted by atomic mass is 79.9. The van der Waals surface area contributed by atoms with Crippen LogP contribution in [0, 0.1) is 0 Å². The van der Waals surface area contributed by atoms with Gasteiger partial charge in [0.15, 0.2) is 0 Å². The van der Waals surface area contributed by atoms with Gasteiger partial charge in [-0.1, -0.05) is 28.1 Å². The van der Waals surface area contributed by atoms with Crippen LogP contribution in [0.1, 0.15) is 32.3 Å². The van der Waals surface area contributed by atoms with Gasteiger partial charge in [-0.15, -0.1) is 0 Å². The fourth-order valence-corrected chi connectivity index (χ4v) is 3.70. The molecule has 1 saturated heterocycles. The molecule has 1 amide bonds. The van der Waals surface area contributed by atoms with Crippen molar-refractivity contribution in [1.29, 1.82) is 0 Å². The number of rotatable bonds is 5. The number of nitrogens with zero attached hydrogens (tertiary/aromatic N) is 1. The molecule has 1 aromatic rings. The van der Waals surface area contributed by atoms with Crippen LogP contribution in [-0.4, -0.2) is 49.2 Å². The molecular formula is C18H25BrN2O2. The molecule has 126 valence electrons. The first-order valence-corrected chi connectivity index (χ1v) is 9.11. The first kappa shape index (κ1) is 16.9. The van der Waals surface area contributed by atoms with Gasteiger partial charge in [-0.05, 0) is 44.4 Å². The van der Waals surface area contributed by atoms with Crippen molar-refractivity contribution in [2.24, 2.45) is 0 Å². The van der Waals surface area contributed by atoms with E-state index >= 15 is 0 Å². The molecule has 5 heteroatoms. The molecule has 2 fully saturated rings. The number of carbonyl (C=O) groups excluding carboxylic acids is 1. The maximum Gasteiger partial charge on any atom is 0.230 e. The minimum Gasteiger partial charge on any atom is -0.379 e. The molecule has 2 aliphatic rings. The number of halogens is 1. The molecule has 1 saturated carbocycles. The lowest BCUT2D eigenvalue weighted by Crippen LogP contribution is -2.56. The Labute approximate surface area is 146 Å². The van der Waals surface area contributed by atoms with E-state index in [-0.39, 0.29) is 16.9 Å². The van der Waals surface area contributed by atoms with Gasteiger partial charge in [0.1, 0.15) is 0 Å². The third kappa shape index (κ3) is 3.62. The predicted octanol–water partition coefficient (Wildman–Crippen LogP) is 2.71. The molecule has 4 nitrogen and oxygen atoms in total. The van der Waals surface area contributed by atoms with E-state index < -0.39 is 0 Å². The Kier molecular flexibility index (Phi) is 4.81. The lowest BCUT2D eigenvalue weighted by atomic mass is 9.94. The van der Waals surface area contributed by atoms with Crippen LogP contribution < -0.4 is 5.32 Å². The molecule has 1 N–H and O–H groups in total. The van der Waals surface area contributed by atoms with Gasteiger partial charge in [0, 0.05) is 29.6 Å². The summed E-state index contributed by atoms with van der Waals surface area (Å²) in [5.74, 6) is 0.164. The van der Waals surface area contributed by atoms with Crippen LogP contribution in [0.25, 0.3) is 0 Å². The summed E-state index contributed by atoms with van der Waals surface area (Å²) in [4.78, 5) is 15.2. The van der Waals surface area contributed by atoms with Crippen LogP contribution in [0.3, 0.4) is 0 Å². The topological polar surface area (TPSA) is 41.6 Å². The summed E-state index contributed by atoms with van der Waals surface area (Å²) in [5.41, 5.74) is 0.756. The highest BCUT2D eigenvalue weighted by Gasteiger charge is 2.51. The minimum absolute atomic E-state index is 0.0488. The molecule has 1 heterocycles. The summed E-state index contributed by atoms with van der Waals surface area (Å²) in [7, 11) is 0. The first-order valence-electron chi connectivity index (χ1n) is 8.31. The number of nitrogens with one attached hydrogen (secondary N) is 1. The molecular weight excluding hydrogens is 356 g/mol. The van der Waals surface area contributed by atoms with E-state index in [4.69, 9.17) is 4.74 Å². The number of morpholine rings is 1. The SMILES string of the molecule is CC(C)(CNC(=O)C1(c2cccc(Br)c2)CC1)N1CCOCC1. The van der Waals surface area contributed by atoms with E-state index in [1.807, 2.05) is 12.1 Å². The van der Waals surface area contributed by atoms with E-state index in [9.17, 15) is 4.79 Å². The van der Waals surface area contributed by atoms with E-state index in [0.29, 0.717) is 6.54 Å². The molecule has 1 aliphatic heterocycles. The number of hydrogen-bond donors (Lipinski definition) is 1. The maximum atomic E-state index is 12.8. The third-order valence-corrected chi connectivity index (χ3v) is 5.60. The Balaban J connectivity index is 1.63. The maximum absolute atomic E-state index is 12.8. The number of ether oxygens (including phenoxy) is 1. The van der Waals surface area contributed by atoms with Crippen molar-refractivity contribution >= 4 is 21.8 Å². The average Bonchev–Trinajstić information content (AvgIpc) is 3.35. The summed E-state index contributed by atoms with van der Waals surface area (Å²) in [6, 6.07) is 8.13. The Hall–Kier alpha value is -0.910. The van der Waals surface area contributed by atoms with Crippen molar-refractivity contribution in [3.05, 3.63) is 34.3 Å². The zero-order valence-electron chi connectivity index (χ0n) is 13.9. The van der Waals surface area contributed by atoms with Crippen molar-refractivity contribution in [3.63, 3.8) is 0 Å². The van der Waals surface area contributed by atoms with E-state index in [1.54, 1.807) is 0 Å². The second-order valence-electron chi connectivity index (χ2n) is 7.19. The number of hydrogen-bond acceptors (Lipinski definition) is 3. The lowest BCUT2D eigenvalue weighted by molar-refractivity contribution is -0.124. The molecule has 0 aromatic heterocycles. The second-order valence-corrected chi connectivity index (χ2v) is 8.10. The smallest absolute Gasteiger partial charge is 0.230 e. The summed E-state index contributed by atoms with van der Waals surface area (Å²) < 4.78 is 6.45. The van der Waals surface area contributed by atoms with Gasteiger partial charge in [-0.25, -0.2) is 0 Å². The fraction of sp³-hybridized carbons (Fsp3) is 0.611. The van der Waals surface area contributed by atoms with Gasteiger partial charge < -0.3 is 10.1 Å². The average molecular weight is 381 g/mol. The van der Waals surface area contributed by atoms with Crippen LogP contribution in [0.15, 0.2) is 28.7 Å². The first-order chi connectivity index (χ1) is 10.9. The van der Waals surface area contributed by atoms with Crippen LogP contribution in [0.4, 0.5) is 0 Å². The van der Waals surface area contributed by atoms with Crippen molar-refractivity contribution in [1.82, 2.24) is 10.2 Å². The number of carbonyl (C=O) groups is 1. The van der Waals surface area contributed by atoms with Gasteiger partial charge in [0.05, 0.1) is 18.6 Å². The van der Waals surface area contributed by atoms with Crippen molar-refractivity contribution in [2.45, 2.75) is 37.6 Å². The zero-order chi connectivity index (χ0) is 16.5. The lowest BCUT2D eigenvalue weighted by Gasteiger charge is -2.41. The van der Waals surface area contributed by atoms with Crippen molar-refractivity contribution < 1.29 is 9.53 Å². The highest BCUT2D eigenvalue weighted by Crippen LogP contribution is 2.48. The monoisotopic (exact) mass is 380 g/mol. The van der Waals surface area contributed by atoms with Gasteiger partial charge in [0.25, 0.3) is 0 Å². The Morgan fingerprint density at radius 2 is 2.04 bits per heavy atom. The Morgan fingerprint density at radius 3 is 2.65 bits per heavy atom. The molecule has 3 rings (SSSR count). The van der Waals surface area contributed by atoms with Gasteiger partial charge in [0.2, 0.25) is 5.91 Å². The molecule has 1 aliphatic carbocycles. The molecule has 0 radical (unpaired) electrons. The molecule has 23 heavy (non-hydrogen) atoms. The largest absolute Gasteiger partial charge is 0.379 e. The van der Waals surface area contributed by atoms with E-state index in [1.165, 1.54) is 0 Å². The van der Waals surface area contributed by atoms with Gasteiger partial charge in [-0.2, -0.15) is 0 Å². The molecule has 0 bridgehead atoms. The van der Waals surface area contributed by atoms with Crippen LogP contribution >= 0.6 is 15.9 Å². The third-order valence-electron chi connectivity index (χ3n) is 5.11. The second kappa shape index (κ2) is 6.54. The quantitative estimate of drug-likeness (QED) is 0.853.